The molecule has 0 aromatic rings. The molecule has 2 heterocycles. The van der Waals surface area contributed by atoms with Crippen molar-refractivity contribution in [3.63, 3.8) is 0 Å². The van der Waals surface area contributed by atoms with Crippen LogP contribution in [0.5, 0.6) is 0 Å². The van der Waals surface area contributed by atoms with Gasteiger partial charge in [-0.2, -0.15) is 0 Å². The molecule has 7 heteroatoms. The number of sulfone groups is 1. The van der Waals surface area contributed by atoms with Gasteiger partial charge in [0.15, 0.2) is 9.84 Å². The number of hydrogen-bond acceptors (Lipinski definition) is 5. The molecule has 0 spiro atoms. The number of hydrogen-bond donors (Lipinski definition) is 0. The molecule has 2 aliphatic heterocycles. The first-order chi connectivity index (χ1) is 10.4. The number of carbonyl (C=O) groups is 1. The molecular formula is C15H25NO5S. The highest BCUT2D eigenvalue weighted by atomic mass is 32.2. The van der Waals surface area contributed by atoms with Crippen LogP contribution in [0.1, 0.15) is 19.3 Å². The molecule has 3 fully saturated rings. The van der Waals surface area contributed by atoms with Crippen LogP contribution >= 0.6 is 0 Å². The Morgan fingerprint density at radius 1 is 1.41 bits per heavy atom. The average molecular weight is 331 g/mol. The molecule has 2 saturated heterocycles. The molecule has 126 valence electrons. The van der Waals surface area contributed by atoms with Gasteiger partial charge in [-0.15, -0.1) is 0 Å². The van der Waals surface area contributed by atoms with Crippen LogP contribution in [0.3, 0.4) is 0 Å². The van der Waals surface area contributed by atoms with E-state index in [-0.39, 0.29) is 17.2 Å². The molecule has 0 aromatic heterocycles. The number of fused-ring (bicyclic) bond motifs is 1. The fraction of sp³-hybridized carbons (Fsp3) is 0.933. The molecule has 0 radical (unpaired) electrons. The van der Waals surface area contributed by atoms with E-state index in [0.29, 0.717) is 38.8 Å². The minimum atomic E-state index is -3.28. The minimum absolute atomic E-state index is 0.142. The van der Waals surface area contributed by atoms with E-state index in [1.54, 1.807) is 4.90 Å². The van der Waals surface area contributed by atoms with E-state index in [9.17, 15) is 13.2 Å². The zero-order valence-electron chi connectivity index (χ0n) is 13.1. The van der Waals surface area contributed by atoms with Crippen LogP contribution in [0, 0.1) is 17.3 Å². The van der Waals surface area contributed by atoms with Gasteiger partial charge in [0.25, 0.3) is 0 Å². The first kappa shape index (κ1) is 16.2. The largest absolute Gasteiger partial charge is 0.380 e. The summed E-state index contributed by atoms with van der Waals surface area (Å²) < 4.78 is 34.2. The van der Waals surface area contributed by atoms with Crippen molar-refractivity contribution in [2.45, 2.75) is 19.3 Å². The molecule has 1 aliphatic carbocycles. The summed E-state index contributed by atoms with van der Waals surface area (Å²) in [6.07, 6.45) is 4.92. The third-order valence-corrected chi connectivity index (χ3v) is 6.00. The SMILES string of the molecule is CS(=O)(=O)CC(=O)N1C[C@@H]2COC[C@]2(COCC2CCC2)C1. The van der Waals surface area contributed by atoms with E-state index in [1.807, 2.05) is 0 Å². The zero-order valence-corrected chi connectivity index (χ0v) is 13.9. The Morgan fingerprint density at radius 3 is 2.82 bits per heavy atom. The summed E-state index contributed by atoms with van der Waals surface area (Å²) in [6, 6.07) is 0. The van der Waals surface area contributed by atoms with Crippen LogP contribution in [-0.2, 0) is 24.1 Å². The van der Waals surface area contributed by atoms with Gasteiger partial charge in [-0.05, 0) is 18.8 Å². The van der Waals surface area contributed by atoms with Crippen molar-refractivity contribution in [2.75, 3.05) is 51.5 Å². The predicted molar refractivity (Wildman–Crippen MR) is 81.2 cm³/mol. The molecule has 2 atom stereocenters. The molecule has 0 unspecified atom stereocenters. The highest BCUT2D eigenvalue weighted by Crippen LogP contribution is 2.42. The molecule has 6 nitrogen and oxygen atoms in total. The molecule has 0 aromatic carbocycles. The summed E-state index contributed by atoms with van der Waals surface area (Å²) in [6.45, 7) is 3.78. The van der Waals surface area contributed by atoms with Gasteiger partial charge in [0.1, 0.15) is 5.75 Å². The van der Waals surface area contributed by atoms with Crippen LogP contribution < -0.4 is 0 Å². The van der Waals surface area contributed by atoms with Crippen molar-refractivity contribution in [1.29, 1.82) is 0 Å². The van der Waals surface area contributed by atoms with Crippen molar-refractivity contribution in [3.8, 4) is 0 Å². The van der Waals surface area contributed by atoms with Gasteiger partial charge in [-0.1, -0.05) is 6.42 Å². The molecule has 1 amide bonds. The van der Waals surface area contributed by atoms with Crippen molar-refractivity contribution in [3.05, 3.63) is 0 Å². The topological polar surface area (TPSA) is 72.9 Å². The van der Waals surface area contributed by atoms with Gasteiger partial charge in [-0.3, -0.25) is 4.79 Å². The minimum Gasteiger partial charge on any atom is -0.380 e. The monoisotopic (exact) mass is 331 g/mol. The first-order valence-corrected chi connectivity index (χ1v) is 10.0. The van der Waals surface area contributed by atoms with Crippen molar-refractivity contribution in [2.24, 2.45) is 17.3 Å². The lowest BCUT2D eigenvalue weighted by molar-refractivity contribution is -0.128. The number of ether oxygens (including phenoxy) is 2. The van der Waals surface area contributed by atoms with E-state index in [0.717, 1.165) is 12.9 Å². The molecule has 0 bridgehead atoms. The number of carbonyl (C=O) groups excluding carboxylic acids is 1. The Hall–Kier alpha value is -0.660. The van der Waals surface area contributed by atoms with Crippen LogP contribution in [0.15, 0.2) is 0 Å². The Kier molecular flexibility index (Phi) is 4.49. The molecule has 1 saturated carbocycles. The third-order valence-electron chi connectivity index (χ3n) is 5.23. The fourth-order valence-corrected chi connectivity index (χ4v) is 4.26. The second kappa shape index (κ2) is 6.09. The van der Waals surface area contributed by atoms with Gasteiger partial charge >= 0.3 is 0 Å². The quantitative estimate of drug-likeness (QED) is 0.701. The highest BCUT2D eigenvalue weighted by Gasteiger charge is 2.52. The maximum absolute atomic E-state index is 12.1. The Balaban J connectivity index is 1.56. The van der Waals surface area contributed by atoms with Crippen LogP contribution in [0.4, 0.5) is 0 Å². The summed E-state index contributed by atoms with van der Waals surface area (Å²) in [5, 5.41) is 0. The third kappa shape index (κ3) is 3.46. The lowest BCUT2D eigenvalue weighted by Gasteiger charge is -2.30. The summed E-state index contributed by atoms with van der Waals surface area (Å²) in [4.78, 5) is 13.8. The summed E-state index contributed by atoms with van der Waals surface area (Å²) in [5.41, 5.74) is -0.142. The Bertz CT molecular complexity index is 530. The summed E-state index contributed by atoms with van der Waals surface area (Å²) in [5.74, 6) is 0.258. The van der Waals surface area contributed by atoms with Gasteiger partial charge in [0, 0.05) is 37.3 Å². The Morgan fingerprint density at radius 2 is 2.18 bits per heavy atom. The van der Waals surface area contributed by atoms with E-state index < -0.39 is 15.6 Å². The van der Waals surface area contributed by atoms with E-state index in [4.69, 9.17) is 9.47 Å². The first-order valence-electron chi connectivity index (χ1n) is 7.99. The second-order valence-electron chi connectivity index (χ2n) is 7.23. The number of amides is 1. The number of nitrogens with zero attached hydrogens (tertiary/aromatic N) is 1. The van der Waals surface area contributed by atoms with Crippen molar-refractivity contribution in [1.82, 2.24) is 4.90 Å². The molecule has 3 rings (SSSR count). The van der Waals surface area contributed by atoms with Crippen LogP contribution in [0.2, 0.25) is 0 Å². The maximum Gasteiger partial charge on any atom is 0.237 e. The van der Waals surface area contributed by atoms with Gasteiger partial charge in [-0.25, -0.2) is 8.42 Å². The molecule has 3 aliphatic rings. The van der Waals surface area contributed by atoms with Gasteiger partial charge < -0.3 is 14.4 Å². The summed E-state index contributed by atoms with van der Waals surface area (Å²) in [7, 11) is -3.28. The van der Waals surface area contributed by atoms with Crippen LogP contribution in [0.25, 0.3) is 0 Å². The molecule has 0 N–H and O–H groups in total. The van der Waals surface area contributed by atoms with E-state index >= 15 is 0 Å². The van der Waals surface area contributed by atoms with Crippen LogP contribution in [-0.4, -0.2) is 70.8 Å². The van der Waals surface area contributed by atoms with Gasteiger partial charge in [0.05, 0.1) is 19.8 Å². The molecular weight excluding hydrogens is 306 g/mol. The summed E-state index contributed by atoms with van der Waals surface area (Å²) >= 11 is 0. The van der Waals surface area contributed by atoms with Gasteiger partial charge in [0.2, 0.25) is 5.91 Å². The fourth-order valence-electron chi connectivity index (χ4n) is 3.63. The van der Waals surface area contributed by atoms with Crippen molar-refractivity contribution >= 4 is 15.7 Å². The predicted octanol–water partition coefficient (Wildman–Crippen LogP) is 0.323. The van der Waals surface area contributed by atoms with E-state index in [1.165, 1.54) is 19.3 Å². The van der Waals surface area contributed by atoms with E-state index in [2.05, 4.69) is 0 Å². The zero-order chi connectivity index (χ0) is 15.8. The van der Waals surface area contributed by atoms with Crippen molar-refractivity contribution < 1.29 is 22.7 Å². The Labute approximate surface area is 132 Å². The standard InChI is InChI=1S/C15H25NO5S/c1-22(18,19)8-14(17)16-5-13-7-21-11-15(13,9-16)10-20-6-12-3-2-4-12/h12-13H,2-11H2,1H3/t13-,15-/m1/s1. The second-order valence-corrected chi connectivity index (χ2v) is 9.37. The average Bonchev–Trinajstić information content (AvgIpc) is 2.86. The number of likely N-dealkylation sites (tertiary alicyclic amines) is 1. The smallest absolute Gasteiger partial charge is 0.237 e. The highest BCUT2D eigenvalue weighted by molar-refractivity contribution is 7.91. The lowest BCUT2D eigenvalue weighted by Crippen LogP contribution is -2.39. The number of rotatable bonds is 6. The molecule has 22 heavy (non-hydrogen) atoms. The lowest BCUT2D eigenvalue weighted by atomic mass is 9.81. The maximum atomic E-state index is 12.1. The normalized spacial score (nSPS) is 32.0.